The smallest absolute Gasteiger partial charge is 0.283 e. The van der Waals surface area contributed by atoms with Gasteiger partial charge in [0.15, 0.2) is 16.7 Å². The number of nitrogens with zero attached hydrogens (tertiary/aromatic N) is 2. The molecule has 0 saturated carbocycles. The summed E-state index contributed by atoms with van der Waals surface area (Å²) in [5.41, 5.74) is 3.17. The summed E-state index contributed by atoms with van der Waals surface area (Å²) in [5, 5.41) is 0.649. The minimum atomic E-state index is -0.150. The van der Waals surface area contributed by atoms with Gasteiger partial charge >= 0.3 is 0 Å². The van der Waals surface area contributed by atoms with E-state index in [-0.39, 0.29) is 12.7 Å². The van der Waals surface area contributed by atoms with Gasteiger partial charge in [0.1, 0.15) is 5.70 Å². The second-order valence-corrected chi connectivity index (χ2v) is 7.10. The highest BCUT2D eigenvalue weighted by Gasteiger charge is 2.31. The number of rotatable bonds is 4. The van der Waals surface area contributed by atoms with Crippen molar-refractivity contribution in [3.05, 3.63) is 71.9 Å². The van der Waals surface area contributed by atoms with Crippen LogP contribution < -0.4 is 14.4 Å². The van der Waals surface area contributed by atoms with Crippen LogP contribution in [0.2, 0.25) is 0 Å². The van der Waals surface area contributed by atoms with E-state index in [0.29, 0.717) is 28.1 Å². The molecule has 4 rings (SSSR count). The molecule has 0 fully saturated rings. The van der Waals surface area contributed by atoms with E-state index in [1.165, 1.54) is 11.8 Å². The number of thioether (sulfide) groups is 1. The number of benzene rings is 2. The molecule has 1 amide bonds. The van der Waals surface area contributed by atoms with E-state index in [1.807, 2.05) is 49.4 Å². The Labute approximate surface area is 162 Å². The fraction of sp³-hybridized carbons (Fsp3) is 0.143. The number of amidine groups is 1. The highest BCUT2D eigenvalue weighted by atomic mass is 32.2. The van der Waals surface area contributed by atoms with Crippen molar-refractivity contribution in [2.24, 2.45) is 4.99 Å². The van der Waals surface area contributed by atoms with Crippen LogP contribution in [0.1, 0.15) is 11.1 Å². The first-order valence-electron chi connectivity index (χ1n) is 8.50. The van der Waals surface area contributed by atoms with Gasteiger partial charge in [0, 0.05) is 5.75 Å². The Morgan fingerprint density at radius 3 is 2.74 bits per heavy atom. The molecule has 2 aliphatic heterocycles. The number of ether oxygens (including phenoxy) is 2. The van der Waals surface area contributed by atoms with Gasteiger partial charge in [-0.15, -0.1) is 6.58 Å². The van der Waals surface area contributed by atoms with Crippen LogP contribution in [-0.2, 0) is 4.79 Å². The van der Waals surface area contributed by atoms with Gasteiger partial charge in [-0.3, -0.25) is 9.69 Å². The van der Waals surface area contributed by atoms with Crippen LogP contribution in [-0.4, -0.2) is 23.6 Å². The molecule has 0 atom stereocenters. The Morgan fingerprint density at radius 1 is 1.19 bits per heavy atom. The molecule has 2 aliphatic rings. The molecule has 0 N–H and O–H groups in total. The number of carbonyl (C=O) groups is 1. The molecule has 2 aromatic carbocycles. The van der Waals surface area contributed by atoms with E-state index in [9.17, 15) is 4.79 Å². The van der Waals surface area contributed by atoms with Gasteiger partial charge in [-0.2, -0.15) is 0 Å². The number of fused-ring (bicyclic) bond motifs is 1. The SMILES string of the molecule is C=CCSC1=NC(=Cc2ccc3c(c2)OCO3)C(=O)N1c1ccc(C)cc1. The van der Waals surface area contributed by atoms with Crippen LogP contribution in [0.3, 0.4) is 0 Å². The third-order valence-electron chi connectivity index (χ3n) is 4.15. The average Bonchev–Trinajstić information content (AvgIpc) is 3.25. The van der Waals surface area contributed by atoms with Crippen molar-refractivity contribution < 1.29 is 14.3 Å². The molecule has 27 heavy (non-hydrogen) atoms. The van der Waals surface area contributed by atoms with Gasteiger partial charge in [-0.05, 0) is 42.8 Å². The van der Waals surface area contributed by atoms with Crippen LogP contribution in [0.5, 0.6) is 11.5 Å². The molecular weight excluding hydrogens is 360 g/mol. The highest BCUT2D eigenvalue weighted by molar-refractivity contribution is 8.14. The van der Waals surface area contributed by atoms with Gasteiger partial charge in [0.05, 0.1) is 5.69 Å². The first-order chi connectivity index (χ1) is 13.2. The summed E-state index contributed by atoms with van der Waals surface area (Å²) in [5.74, 6) is 1.91. The highest BCUT2D eigenvalue weighted by Crippen LogP contribution is 2.34. The van der Waals surface area contributed by atoms with Gasteiger partial charge < -0.3 is 9.47 Å². The number of anilines is 1. The molecule has 2 aromatic rings. The lowest BCUT2D eigenvalue weighted by Gasteiger charge is -2.17. The third kappa shape index (κ3) is 3.48. The molecule has 0 aromatic heterocycles. The Morgan fingerprint density at radius 2 is 1.96 bits per heavy atom. The Hall–Kier alpha value is -2.99. The van der Waals surface area contributed by atoms with Crippen molar-refractivity contribution in [3.8, 4) is 11.5 Å². The summed E-state index contributed by atoms with van der Waals surface area (Å²) in [6, 6.07) is 13.4. The number of amides is 1. The van der Waals surface area contributed by atoms with E-state index in [2.05, 4.69) is 11.6 Å². The van der Waals surface area contributed by atoms with Gasteiger partial charge in [-0.1, -0.05) is 41.6 Å². The maximum Gasteiger partial charge on any atom is 0.283 e. The number of carbonyl (C=O) groups excluding carboxylic acids is 1. The summed E-state index contributed by atoms with van der Waals surface area (Å²) in [7, 11) is 0. The van der Waals surface area contributed by atoms with Gasteiger partial charge in [0.25, 0.3) is 5.91 Å². The van der Waals surface area contributed by atoms with E-state index in [0.717, 1.165) is 16.8 Å². The zero-order valence-electron chi connectivity index (χ0n) is 14.8. The molecule has 0 saturated heterocycles. The Bertz CT molecular complexity index is 964. The fourth-order valence-corrected chi connectivity index (χ4v) is 3.56. The molecule has 0 spiro atoms. The second kappa shape index (κ2) is 7.32. The van der Waals surface area contributed by atoms with Crippen molar-refractivity contribution in [1.82, 2.24) is 0 Å². The molecule has 136 valence electrons. The van der Waals surface area contributed by atoms with E-state index < -0.39 is 0 Å². The number of aliphatic imine (C=N–C) groups is 1. The topological polar surface area (TPSA) is 51.1 Å². The van der Waals surface area contributed by atoms with Crippen LogP contribution in [0.15, 0.2) is 65.8 Å². The minimum Gasteiger partial charge on any atom is -0.454 e. The standard InChI is InChI=1S/C21H18N2O3S/c1-3-10-27-21-22-17(11-15-6-9-18-19(12-15)26-13-25-18)20(24)23(21)16-7-4-14(2)5-8-16/h3-9,11-12H,1,10,13H2,2H3. The van der Waals surface area contributed by atoms with Crippen LogP contribution >= 0.6 is 11.8 Å². The molecule has 0 unspecified atom stereocenters. The Balaban J connectivity index is 1.68. The van der Waals surface area contributed by atoms with Crippen LogP contribution in [0, 0.1) is 6.92 Å². The summed E-state index contributed by atoms with van der Waals surface area (Å²) < 4.78 is 10.7. The van der Waals surface area contributed by atoms with E-state index in [4.69, 9.17) is 9.47 Å². The molecule has 0 bridgehead atoms. The maximum atomic E-state index is 13.1. The van der Waals surface area contributed by atoms with E-state index in [1.54, 1.807) is 17.1 Å². The summed E-state index contributed by atoms with van der Waals surface area (Å²) in [4.78, 5) is 19.3. The van der Waals surface area contributed by atoms with Crippen molar-refractivity contribution in [1.29, 1.82) is 0 Å². The molecular formula is C21H18N2O3S. The molecule has 0 aliphatic carbocycles. The van der Waals surface area contributed by atoms with Crippen molar-refractivity contribution in [2.45, 2.75) is 6.92 Å². The normalized spacial score (nSPS) is 16.8. The monoisotopic (exact) mass is 378 g/mol. The average molecular weight is 378 g/mol. The van der Waals surface area contributed by atoms with E-state index >= 15 is 0 Å². The fourth-order valence-electron chi connectivity index (χ4n) is 2.81. The third-order valence-corrected chi connectivity index (χ3v) is 5.09. The van der Waals surface area contributed by atoms with Crippen molar-refractivity contribution in [3.63, 3.8) is 0 Å². The second-order valence-electron chi connectivity index (χ2n) is 6.11. The zero-order chi connectivity index (χ0) is 18.8. The number of hydrogen-bond donors (Lipinski definition) is 0. The summed E-state index contributed by atoms with van der Waals surface area (Å²) in [6.45, 7) is 5.98. The largest absolute Gasteiger partial charge is 0.454 e. The zero-order valence-corrected chi connectivity index (χ0v) is 15.7. The number of aryl methyl sites for hydroxylation is 1. The summed E-state index contributed by atoms with van der Waals surface area (Å²) >= 11 is 1.48. The van der Waals surface area contributed by atoms with Crippen molar-refractivity contribution >= 4 is 34.6 Å². The maximum absolute atomic E-state index is 13.1. The molecule has 2 heterocycles. The molecule has 6 heteroatoms. The Kier molecular flexibility index (Phi) is 4.73. The van der Waals surface area contributed by atoms with Gasteiger partial charge in [-0.25, -0.2) is 4.99 Å². The quantitative estimate of drug-likeness (QED) is 0.585. The van der Waals surface area contributed by atoms with Crippen LogP contribution in [0.4, 0.5) is 5.69 Å². The lowest BCUT2D eigenvalue weighted by molar-refractivity contribution is -0.113. The van der Waals surface area contributed by atoms with Crippen molar-refractivity contribution in [2.75, 3.05) is 17.4 Å². The number of hydrogen-bond acceptors (Lipinski definition) is 5. The lowest BCUT2D eigenvalue weighted by Crippen LogP contribution is -2.30. The summed E-state index contributed by atoms with van der Waals surface area (Å²) in [6.07, 6.45) is 3.57. The predicted octanol–water partition coefficient (Wildman–Crippen LogP) is 4.39. The predicted molar refractivity (Wildman–Crippen MR) is 109 cm³/mol. The molecule has 5 nitrogen and oxygen atoms in total. The first kappa shape index (κ1) is 17.4. The van der Waals surface area contributed by atoms with Gasteiger partial charge in [0.2, 0.25) is 6.79 Å². The molecule has 0 radical (unpaired) electrons. The first-order valence-corrected chi connectivity index (χ1v) is 9.49. The van der Waals surface area contributed by atoms with Crippen LogP contribution in [0.25, 0.3) is 6.08 Å². The lowest BCUT2D eigenvalue weighted by atomic mass is 10.1. The minimum absolute atomic E-state index is 0.150.